The molecule has 1 aliphatic heterocycles. The topological polar surface area (TPSA) is 83.6 Å². The van der Waals surface area contributed by atoms with Crippen molar-refractivity contribution in [1.29, 1.82) is 0 Å². The highest BCUT2D eigenvalue weighted by molar-refractivity contribution is 7.91. The summed E-state index contributed by atoms with van der Waals surface area (Å²) in [6.07, 6.45) is 1.27. The Bertz CT molecular complexity index is 592. The fraction of sp³-hybridized carbons (Fsp3) is 0.545. The molecule has 2 heterocycles. The molecule has 1 aliphatic rings. The average Bonchev–Trinajstić information content (AvgIpc) is 2.77. The quantitative estimate of drug-likeness (QED) is 0.809. The van der Waals surface area contributed by atoms with Crippen molar-refractivity contribution in [2.45, 2.75) is 29.6 Å². The Labute approximate surface area is 122 Å². The third kappa shape index (κ3) is 3.14. The third-order valence-electron chi connectivity index (χ3n) is 3.06. The number of aliphatic hydroxyl groups is 1. The second-order valence-electron chi connectivity index (χ2n) is 4.92. The zero-order valence-electron chi connectivity index (χ0n) is 10.5. The van der Waals surface area contributed by atoms with E-state index in [-0.39, 0.29) is 15.7 Å². The zero-order valence-corrected chi connectivity index (χ0v) is 12.9. The highest BCUT2D eigenvalue weighted by Gasteiger charge is 2.36. The summed E-state index contributed by atoms with van der Waals surface area (Å²) < 4.78 is 26.4. The Kier molecular flexibility index (Phi) is 3.99. The van der Waals surface area contributed by atoms with Crippen LogP contribution in [0.1, 0.15) is 24.6 Å². The fourth-order valence-corrected chi connectivity index (χ4v) is 5.20. The third-order valence-corrected chi connectivity index (χ3v) is 6.84. The van der Waals surface area contributed by atoms with E-state index in [2.05, 4.69) is 0 Å². The average molecular weight is 320 g/mol. The molecule has 8 heteroatoms. The molecule has 1 unspecified atom stereocenters. The molecule has 3 N–H and O–H groups in total. The van der Waals surface area contributed by atoms with Crippen LogP contribution in [-0.4, -0.2) is 41.5 Å². The molecule has 2 rings (SSSR count). The predicted molar refractivity (Wildman–Crippen MR) is 78.8 cm³/mol. The summed E-state index contributed by atoms with van der Waals surface area (Å²) in [5.74, 6) is 0. The van der Waals surface area contributed by atoms with Gasteiger partial charge < -0.3 is 10.8 Å². The Morgan fingerprint density at radius 3 is 2.79 bits per heavy atom. The largest absolute Gasteiger partial charge is 0.389 e. The monoisotopic (exact) mass is 320 g/mol. The maximum Gasteiger partial charge on any atom is 0.252 e. The molecule has 106 valence electrons. The van der Waals surface area contributed by atoms with Crippen LogP contribution in [0.15, 0.2) is 16.3 Å². The van der Waals surface area contributed by atoms with E-state index in [9.17, 15) is 13.5 Å². The number of thiophene rings is 1. The van der Waals surface area contributed by atoms with E-state index in [1.807, 2.05) is 0 Å². The minimum atomic E-state index is -3.57. The van der Waals surface area contributed by atoms with Gasteiger partial charge in [0.2, 0.25) is 0 Å². The number of piperidine rings is 1. The minimum Gasteiger partial charge on any atom is -0.389 e. The first-order valence-electron chi connectivity index (χ1n) is 5.84. The zero-order chi connectivity index (χ0) is 14.3. The van der Waals surface area contributed by atoms with Crippen molar-refractivity contribution in [3.63, 3.8) is 0 Å². The molecule has 1 aromatic rings. The van der Waals surface area contributed by atoms with Crippen LogP contribution in [-0.2, 0) is 10.0 Å². The molecule has 0 radical (unpaired) electrons. The van der Waals surface area contributed by atoms with Gasteiger partial charge in [-0.3, -0.25) is 0 Å². The Hall–Kier alpha value is -0.540. The molecule has 1 fully saturated rings. The van der Waals surface area contributed by atoms with Crippen molar-refractivity contribution in [3.8, 4) is 0 Å². The van der Waals surface area contributed by atoms with Gasteiger partial charge in [0, 0.05) is 13.1 Å². The molecule has 1 atom stereocenters. The summed E-state index contributed by atoms with van der Waals surface area (Å²) in [6.45, 7) is 2.21. The summed E-state index contributed by atoms with van der Waals surface area (Å²) in [5.41, 5.74) is 4.52. The summed E-state index contributed by atoms with van der Waals surface area (Å²) in [5, 5.41) is 10.0. The first-order chi connectivity index (χ1) is 8.72. The molecule has 0 spiro atoms. The van der Waals surface area contributed by atoms with Crippen molar-refractivity contribution < 1.29 is 13.5 Å². The van der Waals surface area contributed by atoms with Crippen LogP contribution in [0, 0.1) is 0 Å². The SMILES string of the molecule is CC1(O)CCCN(S(=O)(=O)c2ccc(C(N)=S)s2)C1. The lowest BCUT2D eigenvalue weighted by molar-refractivity contribution is 0.00945. The van der Waals surface area contributed by atoms with E-state index >= 15 is 0 Å². The number of thiocarbonyl (C=S) groups is 1. The van der Waals surface area contributed by atoms with Crippen molar-refractivity contribution in [1.82, 2.24) is 4.31 Å². The Morgan fingerprint density at radius 2 is 2.26 bits per heavy atom. The van der Waals surface area contributed by atoms with Crippen LogP contribution in [0.3, 0.4) is 0 Å². The molecule has 0 bridgehead atoms. The van der Waals surface area contributed by atoms with Gasteiger partial charge in [-0.2, -0.15) is 4.31 Å². The lowest BCUT2D eigenvalue weighted by Gasteiger charge is -2.35. The molecule has 0 aromatic carbocycles. The number of hydrogen-bond donors (Lipinski definition) is 2. The van der Waals surface area contributed by atoms with Gasteiger partial charge in [0.25, 0.3) is 10.0 Å². The van der Waals surface area contributed by atoms with E-state index < -0.39 is 15.6 Å². The van der Waals surface area contributed by atoms with Gasteiger partial charge >= 0.3 is 0 Å². The second kappa shape index (κ2) is 5.10. The summed E-state index contributed by atoms with van der Waals surface area (Å²) in [7, 11) is -3.57. The van der Waals surface area contributed by atoms with Crippen LogP contribution in [0.5, 0.6) is 0 Å². The molecule has 1 saturated heterocycles. The van der Waals surface area contributed by atoms with E-state index in [1.54, 1.807) is 13.0 Å². The summed E-state index contributed by atoms with van der Waals surface area (Å²) in [6, 6.07) is 3.12. The summed E-state index contributed by atoms with van der Waals surface area (Å²) >= 11 is 5.90. The molecule has 19 heavy (non-hydrogen) atoms. The van der Waals surface area contributed by atoms with Gasteiger partial charge in [0.15, 0.2) is 0 Å². The van der Waals surface area contributed by atoms with Crippen LogP contribution >= 0.6 is 23.6 Å². The van der Waals surface area contributed by atoms with Crippen LogP contribution in [0.25, 0.3) is 0 Å². The molecular formula is C11H16N2O3S3. The highest BCUT2D eigenvalue weighted by atomic mass is 32.2. The van der Waals surface area contributed by atoms with Crippen LogP contribution in [0.4, 0.5) is 0 Å². The first kappa shape index (κ1) is 14.9. The number of sulfonamides is 1. The van der Waals surface area contributed by atoms with Crippen molar-refractivity contribution in [2.75, 3.05) is 13.1 Å². The standard InChI is InChI=1S/C11H16N2O3S3/c1-11(14)5-2-6-13(7-11)19(15,16)9-4-3-8(18-9)10(12)17/h3-4,14H,2,5-7H2,1H3,(H2,12,17). The van der Waals surface area contributed by atoms with Crippen molar-refractivity contribution in [3.05, 3.63) is 17.0 Å². The smallest absolute Gasteiger partial charge is 0.252 e. The minimum absolute atomic E-state index is 0.121. The molecular weight excluding hydrogens is 304 g/mol. The Morgan fingerprint density at radius 1 is 1.58 bits per heavy atom. The second-order valence-corrected chi connectivity index (χ2v) is 8.61. The maximum atomic E-state index is 12.5. The first-order valence-corrected chi connectivity index (χ1v) is 8.51. The van der Waals surface area contributed by atoms with Gasteiger partial charge in [-0.25, -0.2) is 8.42 Å². The van der Waals surface area contributed by atoms with Crippen molar-refractivity contribution in [2.24, 2.45) is 5.73 Å². The van der Waals surface area contributed by atoms with Crippen molar-refractivity contribution >= 4 is 38.6 Å². The number of nitrogens with zero attached hydrogens (tertiary/aromatic N) is 1. The van der Waals surface area contributed by atoms with Gasteiger partial charge in [0.05, 0.1) is 10.5 Å². The lowest BCUT2D eigenvalue weighted by Crippen LogP contribution is -2.48. The van der Waals surface area contributed by atoms with Gasteiger partial charge in [0.1, 0.15) is 9.20 Å². The normalized spacial score (nSPS) is 25.4. The number of nitrogens with two attached hydrogens (primary N) is 1. The van der Waals surface area contributed by atoms with E-state index in [1.165, 1.54) is 10.4 Å². The maximum absolute atomic E-state index is 12.5. The predicted octanol–water partition coefficient (Wildman–Crippen LogP) is 0.918. The lowest BCUT2D eigenvalue weighted by atomic mass is 9.97. The van der Waals surface area contributed by atoms with E-state index in [4.69, 9.17) is 18.0 Å². The number of β-amino-alcohol motifs (C(OH)–C–C–N with tert-alkyl or cyclic N) is 1. The molecule has 0 saturated carbocycles. The van der Waals surface area contributed by atoms with Gasteiger partial charge in [-0.1, -0.05) is 12.2 Å². The van der Waals surface area contributed by atoms with E-state index in [0.717, 1.165) is 11.3 Å². The highest BCUT2D eigenvalue weighted by Crippen LogP contribution is 2.29. The molecule has 5 nitrogen and oxygen atoms in total. The van der Waals surface area contributed by atoms with E-state index in [0.29, 0.717) is 24.3 Å². The fourth-order valence-electron chi connectivity index (χ4n) is 2.10. The summed E-state index contributed by atoms with van der Waals surface area (Å²) in [4.78, 5) is 0.773. The van der Waals surface area contributed by atoms with Crippen LogP contribution < -0.4 is 5.73 Å². The van der Waals surface area contributed by atoms with Gasteiger partial charge in [-0.05, 0) is 31.9 Å². The number of hydrogen-bond acceptors (Lipinski definition) is 5. The molecule has 0 amide bonds. The van der Waals surface area contributed by atoms with Crippen LogP contribution in [0.2, 0.25) is 0 Å². The molecule has 1 aromatic heterocycles. The number of rotatable bonds is 3. The molecule has 0 aliphatic carbocycles. The Balaban J connectivity index is 2.28. The van der Waals surface area contributed by atoms with Gasteiger partial charge in [-0.15, -0.1) is 11.3 Å².